The van der Waals surface area contributed by atoms with Gasteiger partial charge in [-0.2, -0.15) is 5.26 Å². The summed E-state index contributed by atoms with van der Waals surface area (Å²) in [5.41, 5.74) is 0.324. The molecule has 0 aliphatic heterocycles. The van der Waals surface area contributed by atoms with Gasteiger partial charge in [0.15, 0.2) is 5.16 Å². The fourth-order valence-electron chi connectivity index (χ4n) is 3.73. The molecule has 2 aromatic heterocycles. The number of para-hydroxylation sites is 2. The minimum absolute atomic E-state index is 0.0464. The van der Waals surface area contributed by atoms with Gasteiger partial charge in [0.05, 0.1) is 36.4 Å². The number of benzene rings is 2. The summed E-state index contributed by atoms with van der Waals surface area (Å²) < 4.78 is 8.81. The van der Waals surface area contributed by atoms with Crippen LogP contribution in [-0.4, -0.2) is 43.5 Å². The molecule has 4 aromatic rings. The van der Waals surface area contributed by atoms with Gasteiger partial charge in [0.25, 0.3) is 5.56 Å². The summed E-state index contributed by atoms with van der Waals surface area (Å²) in [6.07, 6.45) is 0. The number of amides is 1. The number of methoxy groups -OCH3 is 1. The lowest BCUT2D eigenvalue weighted by Crippen LogP contribution is -2.49. The highest BCUT2D eigenvalue weighted by Gasteiger charge is 2.30. The van der Waals surface area contributed by atoms with E-state index in [0.717, 1.165) is 5.56 Å². The second-order valence-electron chi connectivity index (χ2n) is 8.64. The van der Waals surface area contributed by atoms with E-state index in [9.17, 15) is 14.9 Å². The van der Waals surface area contributed by atoms with E-state index in [0.29, 0.717) is 27.6 Å². The second kappa shape index (κ2) is 9.80. The third-order valence-corrected chi connectivity index (χ3v) is 7.05. The molecule has 2 aromatic carbocycles. The van der Waals surface area contributed by atoms with Crippen molar-refractivity contribution < 1.29 is 9.53 Å². The van der Waals surface area contributed by atoms with Crippen LogP contribution < -0.4 is 15.6 Å². The van der Waals surface area contributed by atoms with Crippen molar-refractivity contribution in [1.82, 2.24) is 24.5 Å². The van der Waals surface area contributed by atoms with Gasteiger partial charge in [0.1, 0.15) is 11.3 Å². The zero-order valence-electron chi connectivity index (χ0n) is 20.0. The molecule has 1 amide bonds. The van der Waals surface area contributed by atoms with Gasteiger partial charge in [0, 0.05) is 5.56 Å². The number of thioether (sulfide) groups is 1. The Balaban J connectivity index is 1.74. The first-order valence-electron chi connectivity index (χ1n) is 11.1. The van der Waals surface area contributed by atoms with E-state index < -0.39 is 5.54 Å². The number of fused-ring (bicyclic) bond motifs is 3. The maximum absolute atomic E-state index is 13.4. The zero-order valence-corrected chi connectivity index (χ0v) is 20.8. The van der Waals surface area contributed by atoms with Crippen molar-refractivity contribution >= 4 is 34.3 Å². The Morgan fingerprint density at radius 3 is 2.63 bits per heavy atom. The standard InChI is InChI=1S/C25H26N6O3S/c1-16(2)25(3,15-26)27-21(32)14-35-24-29-28-23-30(13-17-9-5-8-12-20(17)34-4)22(33)18-10-6-7-11-19(18)31(23)24/h5-12,16H,13-14H2,1-4H3,(H,27,32). The molecular weight excluding hydrogens is 464 g/mol. The number of hydrogen-bond donors (Lipinski definition) is 1. The molecular formula is C25H26N6O3S. The van der Waals surface area contributed by atoms with Gasteiger partial charge >= 0.3 is 0 Å². The maximum Gasteiger partial charge on any atom is 0.263 e. The molecule has 4 rings (SSSR count). The Hall–Kier alpha value is -3.84. The van der Waals surface area contributed by atoms with Crippen LogP contribution in [0.25, 0.3) is 16.7 Å². The first kappa shape index (κ1) is 24.3. The fraction of sp³-hybridized carbons (Fsp3) is 0.320. The van der Waals surface area contributed by atoms with Crippen LogP contribution in [0.15, 0.2) is 58.5 Å². The van der Waals surface area contributed by atoms with Gasteiger partial charge in [-0.15, -0.1) is 10.2 Å². The third kappa shape index (κ3) is 4.59. The van der Waals surface area contributed by atoms with E-state index in [1.807, 2.05) is 56.3 Å². The number of rotatable bonds is 8. The van der Waals surface area contributed by atoms with Crippen LogP contribution in [0.2, 0.25) is 0 Å². The monoisotopic (exact) mass is 490 g/mol. The van der Waals surface area contributed by atoms with Crippen molar-refractivity contribution in [2.75, 3.05) is 12.9 Å². The molecule has 0 radical (unpaired) electrons. The molecule has 1 atom stereocenters. The SMILES string of the molecule is COc1ccccc1Cn1c(=O)c2ccccc2n2c(SCC(=O)NC(C)(C#N)C(C)C)nnc12. The smallest absolute Gasteiger partial charge is 0.263 e. The molecule has 0 saturated heterocycles. The molecule has 0 saturated carbocycles. The van der Waals surface area contributed by atoms with Gasteiger partial charge in [-0.1, -0.05) is 55.9 Å². The lowest BCUT2D eigenvalue weighted by molar-refractivity contribution is -0.120. The van der Waals surface area contributed by atoms with Crippen LogP contribution in [0, 0.1) is 17.2 Å². The summed E-state index contributed by atoms with van der Waals surface area (Å²) in [5.74, 6) is 0.749. The van der Waals surface area contributed by atoms with E-state index >= 15 is 0 Å². The summed E-state index contributed by atoms with van der Waals surface area (Å²) in [4.78, 5) is 26.1. The fourth-order valence-corrected chi connectivity index (χ4v) is 4.47. The van der Waals surface area contributed by atoms with Crippen LogP contribution in [0.3, 0.4) is 0 Å². The molecule has 0 aliphatic carbocycles. The minimum Gasteiger partial charge on any atom is -0.496 e. The van der Waals surface area contributed by atoms with Gasteiger partial charge < -0.3 is 10.1 Å². The average molecular weight is 491 g/mol. The van der Waals surface area contributed by atoms with Crippen molar-refractivity contribution in [2.45, 2.75) is 38.0 Å². The van der Waals surface area contributed by atoms with Crippen LogP contribution in [0.1, 0.15) is 26.3 Å². The molecule has 10 heteroatoms. The Kier molecular flexibility index (Phi) is 6.80. The number of hydrogen-bond acceptors (Lipinski definition) is 7. The second-order valence-corrected chi connectivity index (χ2v) is 9.59. The minimum atomic E-state index is -0.966. The zero-order chi connectivity index (χ0) is 25.2. The Bertz CT molecular complexity index is 1500. The normalized spacial score (nSPS) is 13.0. The highest BCUT2D eigenvalue weighted by atomic mass is 32.2. The summed E-state index contributed by atoms with van der Waals surface area (Å²) in [7, 11) is 1.59. The third-order valence-electron chi connectivity index (χ3n) is 6.12. The van der Waals surface area contributed by atoms with E-state index in [1.165, 1.54) is 11.8 Å². The first-order valence-corrected chi connectivity index (χ1v) is 12.1. The number of ether oxygens (including phenoxy) is 1. The lowest BCUT2D eigenvalue weighted by atomic mass is 9.90. The summed E-state index contributed by atoms with van der Waals surface area (Å²) in [6.45, 7) is 5.72. The molecule has 2 heterocycles. The van der Waals surface area contributed by atoms with Crippen LogP contribution in [0.4, 0.5) is 0 Å². The molecule has 9 nitrogen and oxygen atoms in total. The molecule has 1 N–H and O–H groups in total. The molecule has 0 spiro atoms. The van der Waals surface area contributed by atoms with E-state index in [-0.39, 0.29) is 29.7 Å². The molecule has 35 heavy (non-hydrogen) atoms. The molecule has 0 bridgehead atoms. The highest BCUT2D eigenvalue weighted by Crippen LogP contribution is 2.24. The topological polar surface area (TPSA) is 114 Å². The Morgan fingerprint density at radius 1 is 1.20 bits per heavy atom. The van der Waals surface area contributed by atoms with Crippen molar-refractivity contribution in [1.29, 1.82) is 5.26 Å². The van der Waals surface area contributed by atoms with Crippen LogP contribution >= 0.6 is 11.8 Å². The van der Waals surface area contributed by atoms with Crippen LogP contribution in [-0.2, 0) is 11.3 Å². The molecule has 0 aliphatic rings. The van der Waals surface area contributed by atoms with Crippen molar-refractivity contribution in [3.05, 3.63) is 64.4 Å². The number of nitriles is 1. The Morgan fingerprint density at radius 2 is 1.91 bits per heavy atom. The predicted octanol–water partition coefficient (Wildman–Crippen LogP) is 3.25. The van der Waals surface area contributed by atoms with Gasteiger partial charge in [-0.25, -0.2) is 0 Å². The van der Waals surface area contributed by atoms with Crippen molar-refractivity contribution in [3.8, 4) is 11.8 Å². The predicted molar refractivity (Wildman–Crippen MR) is 135 cm³/mol. The lowest BCUT2D eigenvalue weighted by Gasteiger charge is -2.27. The maximum atomic E-state index is 13.4. The summed E-state index contributed by atoms with van der Waals surface area (Å²) >= 11 is 1.20. The average Bonchev–Trinajstić information content (AvgIpc) is 3.29. The van der Waals surface area contributed by atoms with Crippen LogP contribution in [0.5, 0.6) is 5.75 Å². The number of carbonyl (C=O) groups is 1. The van der Waals surface area contributed by atoms with E-state index in [4.69, 9.17) is 4.74 Å². The Labute approximate surface area is 206 Å². The number of carbonyl (C=O) groups excluding carboxylic acids is 1. The van der Waals surface area contributed by atoms with Gasteiger partial charge in [-0.3, -0.25) is 18.6 Å². The molecule has 0 fully saturated rings. The van der Waals surface area contributed by atoms with E-state index in [2.05, 4.69) is 21.6 Å². The van der Waals surface area contributed by atoms with E-state index in [1.54, 1.807) is 29.1 Å². The summed E-state index contributed by atoms with van der Waals surface area (Å²) in [5, 5.41) is 21.9. The van der Waals surface area contributed by atoms with Crippen molar-refractivity contribution in [2.24, 2.45) is 5.92 Å². The van der Waals surface area contributed by atoms with Gasteiger partial charge in [-0.05, 0) is 31.0 Å². The first-order chi connectivity index (χ1) is 16.8. The molecule has 1 unspecified atom stereocenters. The molecule has 180 valence electrons. The van der Waals surface area contributed by atoms with Gasteiger partial charge in [0.2, 0.25) is 11.7 Å². The van der Waals surface area contributed by atoms with Crippen molar-refractivity contribution in [3.63, 3.8) is 0 Å². The quantitative estimate of drug-likeness (QED) is 0.377. The highest BCUT2D eigenvalue weighted by molar-refractivity contribution is 7.99. The largest absolute Gasteiger partial charge is 0.496 e. The number of nitrogens with zero attached hydrogens (tertiary/aromatic N) is 5. The number of nitrogens with one attached hydrogen (secondary N) is 1. The summed E-state index contributed by atoms with van der Waals surface area (Å²) in [6, 6.07) is 16.9. The number of aromatic nitrogens is 4.